The second-order valence-corrected chi connectivity index (χ2v) is 5.36. The van der Waals surface area contributed by atoms with Gasteiger partial charge in [0, 0.05) is 10.6 Å². The molecule has 0 saturated carbocycles. The van der Waals surface area contributed by atoms with Crippen LogP contribution in [0.4, 0.5) is 0 Å². The Bertz CT molecular complexity index is 441. The maximum atomic E-state index is 12.1. The third-order valence-electron chi connectivity index (χ3n) is 2.19. The molecule has 4 heteroatoms. The summed E-state index contributed by atoms with van der Waals surface area (Å²) in [5.41, 5.74) is 0. The van der Waals surface area contributed by atoms with E-state index in [1.54, 1.807) is 60.7 Å². The molecular weight excluding hydrogens is 214 g/mol. The Balaban J connectivity index is 0.00000128. The van der Waals surface area contributed by atoms with Crippen LogP contribution in [0.25, 0.3) is 0 Å². The summed E-state index contributed by atoms with van der Waals surface area (Å²) in [7, 11) is -3.65. The number of benzene rings is 2. The number of hydrogen-bond acceptors (Lipinski definition) is 2. The van der Waals surface area contributed by atoms with Gasteiger partial charge in [-0.15, -0.1) is 0 Å². The van der Waals surface area contributed by atoms with Gasteiger partial charge in [0.05, 0.1) is 7.37 Å². The van der Waals surface area contributed by atoms with Crippen molar-refractivity contribution in [2.45, 2.75) is 0 Å². The van der Waals surface area contributed by atoms with E-state index in [0.717, 1.165) is 0 Å². The molecule has 0 heterocycles. The predicted molar refractivity (Wildman–Crippen MR) is 59.8 cm³/mol. The largest absolute Gasteiger partial charge is 1.00 e. The van der Waals surface area contributed by atoms with Crippen LogP contribution in [0.5, 0.6) is 0 Å². The van der Waals surface area contributed by atoms with Crippen molar-refractivity contribution < 1.29 is 28.3 Å². The molecule has 0 spiro atoms. The first-order valence-electron chi connectivity index (χ1n) is 4.63. The van der Waals surface area contributed by atoms with Crippen LogP contribution in [0.1, 0.15) is 0 Å². The van der Waals surface area contributed by atoms with Gasteiger partial charge in [0.15, 0.2) is 0 Å². The molecule has 76 valence electrons. The summed E-state index contributed by atoms with van der Waals surface area (Å²) in [6.45, 7) is 0. The zero-order valence-corrected chi connectivity index (χ0v) is 9.93. The third kappa shape index (κ3) is 2.67. The third-order valence-corrected chi connectivity index (χ3v) is 4.15. The molecule has 0 fully saturated rings. The molecule has 0 aliphatic heterocycles. The molecule has 2 rings (SSSR count). The summed E-state index contributed by atoms with van der Waals surface area (Å²) in [4.78, 5) is 12.1. The SMILES string of the molecule is O=P([O-])(c1ccccc1)c1ccccc1.[Li+]. The number of hydrogen-bond donors (Lipinski definition) is 0. The Hall–Kier alpha value is -0.773. The molecule has 16 heavy (non-hydrogen) atoms. The van der Waals surface area contributed by atoms with Gasteiger partial charge in [-0.1, -0.05) is 60.7 Å². The van der Waals surface area contributed by atoms with Crippen LogP contribution in [-0.2, 0) is 4.57 Å². The Labute approximate surface area is 107 Å². The van der Waals surface area contributed by atoms with Crippen molar-refractivity contribution in [3.63, 3.8) is 0 Å². The Morgan fingerprint density at radius 3 is 1.38 bits per heavy atom. The maximum Gasteiger partial charge on any atom is 1.00 e. The zero-order chi connectivity index (χ0) is 10.7. The number of rotatable bonds is 2. The van der Waals surface area contributed by atoms with Crippen molar-refractivity contribution in [1.29, 1.82) is 0 Å². The molecule has 0 N–H and O–H groups in total. The van der Waals surface area contributed by atoms with E-state index < -0.39 is 7.37 Å². The fraction of sp³-hybridized carbons (Fsp3) is 0. The maximum absolute atomic E-state index is 12.1. The van der Waals surface area contributed by atoms with Gasteiger partial charge in [-0.25, -0.2) is 0 Å². The second-order valence-electron chi connectivity index (χ2n) is 3.22. The second kappa shape index (κ2) is 5.52. The monoisotopic (exact) mass is 224 g/mol. The average molecular weight is 224 g/mol. The van der Waals surface area contributed by atoms with Crippen LogP contribution >= 0.6 is 7.37 Å². The van der Waals surface area contributed by atoms with E-state index in [1.807, 2.05) is 0 Å². The average Bonchev–Trinajstić information content (AvgIpc) is 2.31. The van der Waals surface area contributed by atoms with E-state index >= 15 is 0 Å². The Morgan fingerprint density at radius 1 is 0.750 bits per heavy atom. The van der Waals surface area contributed by atoms with Crippen LogP contribution < -0.4 is 34.4 Å². The molecule has 0 amide bonds. The Kier molecular flexibility index (Phi) is 4.59. The first-order chi connectivity index (χ1) is 7.21. The van der Waals surface area contributed by atoms with E-state index in [4.69, 9.17) is 0 Å². The van der Waals surface area contributed by atoms with E-state index in [-0.39, 0.29) is 18.9 Å². The van der Waals surface area contributed by atoms with Gasteiger partial charge in [-0.3, -0.25) is 0 Å². The van der Waals surface area contributed by atoms with E-state index in [9.17, 15) is 9.46 Å². The van der Waals surface area contributed by atoms with Gasteiger partial charge in [0.25, 0.3) is 0 Å². The minimum absolute atomic E-state index is 0. The summed E-state index contributed by atoms with van der Waals surface area (Å²) in [6.07, 6.45) is 0. The first-order valence-corrected chi connectivity index (χ1v) is 6.26. The van der Waals surface area contributed by atoms with Crippen molar-refractivity contribution in [2.75, 3.05) is 0 Å². The van der Waals surface area contributed by atoms with Gasteiger partial charge >= 0.3 is 18.9 Å². The van der Waals surface area contributed by atoms with Crippen molar-refractivity contribution in [3.8, 4) is 0 Å². The topological polar surface area (TPSA) is 40.1 Å². The molecular formula is C12H10LiO2P. The smallest absolute Gasteiger partial charge is 0.793 e. The van der Waals surface area contributed by atoms with Crippen LogP contribution in [0, 0.1) is 0 Å². The van der Waals surface area contributed by atoms with Gasteiger partial charge in [0.2, 0.25) is 0 Å². The van der Waals surface area contributed by atoms with E-state index in [0.29, 0.717) is 10.6 Å². The zero-order valence-electron chi connectivity index (χ0n) is 9.04. The molecule has 2 aromatic carbocycles. The molecule has 0 aliphatic rings. The Morgan fingerprint density at radius 2 is 1.06 bits per heavy atom. The standard InChI is InChI=1S/C12H11O2P.Li/c13-15(14,11-7-3-1-4-8-11)12-9-5-2-6-10-12;/h1-10H,(H,13,14);/q;+1/p-1. The molecule has 0 unspecified atom stereocenters. The van der Waals surface area contributed by atoms with Crippen molar-refractivity contribution in [1.82, 2.24) is 0 Å². The minimum atomic E-state index is -3.65. The molecule has 0 aromatic heterocycles. The van der Waals surface area contributed by atoms with Gasteiger partial charge in [-0.2, -0.15) is 0 Å². The minimum Gasteiger partial charge on any atom is -0.793 e. The summed E-state index contributed by atoms with van der Waals surface area (Å²) < 4.78 is 12.1. The molecule has 0 bridgehead atoms. The van der Waals surface area contributed by atoms with Gasteiger partial charge < -0.3 is 9.46 Å². The molecule has 0 saturated heterocycles. The van der Waals surface area contributed by atoms with Crippen LogP contribution in [-0.4, -0.2) is 0 Å². The molecule has 0 aliphatic carbocycles. The summed E-state index contributed by atoms with van der Waals surface area (Å²) in [6, 6.07) is 16.9. The summed E-state index contributed by atoms with van der Waals surface area (Å²) >= 11 is 0. The molecule has 2 aromatic rings. The van der Waals surface area contributed by atoms with Crippen LogP contribution in [0.15, 0.2) is 60.7 Å². The quantitative estimate of drug-likeness (QED) is 0.449. The van der Waals surface area contributed by atoms with E-state index in [2.05, 4.69) is 0 Å². The normalized spacial score (nSPS) is 10.6. The summed E-state index contributed by atoms with van der Waals surface area (Å²) in [5.74, 6) is 0. The van der Waals surface area contributed by atoms with Crippen LogP contribution in [0.2, 0.25) is 0 Å². The fourth-order valence-corrected chi connectivity index (χ4v) is 2.82. The van der Waals surface area contributed by atoms with Gasteiger partial charge in [-0.05, 0) is 0 Å². The van der Waals surface area contributed by atoms with Gasteiger partial charge in [0.1, 0.15) is 0 Å². The molecule has 2 nitrogen and oxygen atoms in total. The van der Waals surface area contributed by atoms with Crippen molar-refractivity contribution in [2.24, 2.45) is 0 Å². The van der Waals surface area contributed by atoms with Crippen LogP contribution in [0.3, 0.4) is 0 Å². The van der Waals surface area contributed by atoms with E-state index in [1.165, 1.54) is 0 Å². The molecule has 0 atom stereocenters. The fourth-order valence-electron chi connectivity index (χ4n) is 1.40. The first kappa shape index (κ1) is 13.3. The molecule has 0 radical (unpaired) electrons. The van der Waals surface area contributed by atoms with Crippen molar-refractivity contribution >= 4 is 18.0 Å². The predicted octanol–water partition coefficient (Wildman–Crippen LogP) is -1.72. The van der Waals surface area contributed by atoms with Crippen molar-refractivity contribution in [3.05, 3.63) is 60.7 Å². The summed E-state index contributed by atoms with van der Waals surface area (Å²) in [5, 5.41) is 0.715.